The number of nitrogens with zero attached hydrogens (tertiary/aromatic N) is 5. The van der Waals surface area contributed by atoms with Gasteiger partial charge < -0.3 is 14.4 Å². The van der Waals surface area contributed by atoms with Gasteiger partial charge in [0.2, 0.25) is 6.79 Å². The number of hydrogen-bond acceptors (Lipinski definition) is 8. The third-order valence-corrected chi connectivity index (χ3v) is 7.70. The smallest absolute Gasteiger partial charge is 0.231 e. The number of aromatic nitrogens is 1. The summed E-state index contributed by atoms with van der Waals surface area (Å²) in [6, 6.07) is 7.02. The fourth-order valence-electron chi connectivity index (χ4n) is 4.85. The van der Waals surface area contributed by atoms with Crippen LogP contribution in [0.15, 0.2) is 24.4 Å². The molecule has 0 saturated carbocycles. The molecule has 0 aliphatic carbocycles. The second-order valence-electron chi connectivity index (χ2n) is 9.03. The minimum Gasteiger partial charge on any atom is -0.454 e. The van der Waals surface area contributed by atoms with E-state index >= 15 is 0 Å². The first-order valence-corrected chi connectivity index (χ1v) is 12.1. The molecular weight excluding hydrogens is 410 g/mol. The van der Waals surface area contributed by atoms with Crippen LogP contribution in [0.2, 0.25) is 0 Å². The lowest BCUT2D eigenvalue weighted by Gasteiger charge is -2.43. The monoisotopic (exact) mass is 443 g/mol. The molecule has 168 valence electrons. The summed E-state index contributed by atoms with van der Waals surface area (Å²) in [5, 5.41) is 1.10. The van der Waals surface area contributed by atoms with Gasteiger partial charge in [-0.3, -0.25) is 14.7 Å². The van der Waals surface area contributed by atoms with Crippen LogP contribution >= 0.6 is 11.3 Å². The highest BCUT2D eigenvalue weighted by Gasteiger charge is 2.28. The van der Waals surface area contributed by atoms with E-state index in [1.54, 1.807) is 0 Å². The molecule has 0 radical (unpaired) electrons. The molecule has 0 unspecified atom stereocenters. The van der Waals surface area contributed by atoms with Gasteiger partial charge in [-0.15, -0.1) is 11.3 Å². The van der Waals surface area contributed by atoms with Gasteiger partial charge in [0.1, 0.15) is 0 Å². The number of piperidine rings is 1. The van der Waals surface area contributed by atoms with Crippen LogP contribution in [0, 0.1) is 0 Å². The van der Waals surface area contributed by atoms with Crippen molar-refractivity contribution in [3.05, 3.63) is 34.8 Å². The maximum absolute atomic E-state index is 5.53. The summed E-state index contributed by atoms with van der Waals surface area (Å²) >= 11 is 1.82. The number of ether oxygens (including phenoxy) is 2. The van der Waals surface area contributed by atoms with Crippen molar-refractivity contribution < 1.29 is 9.47 Å². The topological polar surface area (TPSA) is 44.3 Å². The zero-order chi connectivity index (χ0) is 21.2. The molecular formula is C23H33N5O2S. The van der Waals surface area contributed by atoms with Gasteiger partial charge in [0.15, 0.2) is 16.6 Å². The molecule has 1 aromatic carbocycles. The number of rotatable bonds is 6. The predicted octanol–water partition coefficient (Wildman–Crippen LogP) is 2.72. The standard InChI is InChI=1S/C23H33N5O2S/c1-25(2)23-24-13-20(31-23)16-27-7-3-4-19(15-27)28-10-8-26(9-11-28)14-18-5-6-21-22(12-18)30-17-29-21/h5-6,12-13,19H,3-4,7-11,14-17H2,1-2H3/t19-/m0/s1. The van der Waals surface area contributed by atoms with Crippen LogP contribution in [-0.4, -0.2) is 85.9 Å². The molecule has 1 aromatic heterocycles. The third-order valence-electron chi connectivity index (χ3n) is 6.55. The average Bonchev–Trinajstić information content (AvgIpc) is 3.44. The maximum Gasteiger partial charge on any atom is 0.231 e. The van der Waals surface area contributed by atoms with E-state index in [2.05, 4.69) is 57.0 Å². The minimum absolute atomic E-state index is 0.343. The highest BCUT2D eigenvalue weighted by Crippen LogP contribution is 2.33. The van der Waals surface area contributed by atoms with Crippen LogP contribution in [0.3, 0.4) is 0 Å². The Kier molecular flexibility index (Phi) is 6.31. The molecule has 2 aromatic rings. The van der Waals surface area contributed by atoms with Crippen LogP contribution < -0.4 is 14.4 Å². The molecule has 4 heterocycles. The predicted molar refractivity (Wildman–Crippen MR) is 124 cm³/mol. The Bertz CT molecular complexity index is 881. The Morgan fingerprint density at radius 1 is 1.03 bits per heavy atom. The number of anilines is 1. The molecule has 1 atom stereocenters. The SMILES string of the molecule is CN(C)c1ncc(CN2CCC[C@H](N3CCN(Cc4ccc5c(c4)OCO5)CC3)C2)s1. The number of piperazine rings is 1. The van der Waals surface area contributed by atoms with E-state index in [0.29, 0.717) is 12.8 Å². The minimum atomic E-state index is 0.343. The van der Waals surface area contributed by atoms with Crippen LogP contribution in [0.1, 0.15) is 23.3 Å². The Morgan fingerprint density at radius 3 is 2.68 bits per heavy atom. The molecule has 8 heteroatoms. The van der Waals surface area contributed by atoms with E-state index in [9.17, 15) is 0 Å². The van der Waals surface area contributed by atoms with Crippen LogP contribution in [-0.2, 0) is 13.1 Å². The first-order valence-electron chi connectivity index (χ1n) is 11.3. The van der Waals surface area contributed by atoms with Crippen molar-refractivity contribution in [1.82, 2.24) is 19.7 Å². The Balaban J connectivity index is 1.10. The summed E-state index contributed by atoms with van der Waals surface area (Å²) in [7, 11) is 4.12. The van der Waals surface area contributed by atoms with Gasteiger partial charge in [-0.2, -0.15) is 0 Å². The summed E-state index contributed by atoms with van der Waals surface area (Å²) in [5.41, 5.74) is 1.31. The molecule has 3 aliphatic heterocycles. The van der Waals surface area contributed by atoms with Crippen molar-refractivity contribution in [1.29, 1.82) is 0 Å². The number of hydrogen-bond donors (Lipinski definition) is 0. The Hall–Kier alpha value is -1.87. The van der Waals surface area contributed by atoms with Crippen molar-refractivity contribution in [3.8, 4) is 11.5 Å². The summed E-state index contributed by atoms with van der Waals surface area (Å²) < 4.78 is 11.0. The highest BCUT2D eigenvalue weighted by molar-refractivity contribution is 7.15. The summed E-state index contributed by atoms with van der Waals surface area (Å²) in [6.45, 7) is 9.33. The van der Waals surface area contributed by atoms with Gasteiger partial charge in [-0.25, -0.2) is 4.98 Å². The van der Waals surface area contributed by atoms with Gasteiger partial charge in [-0.05, 0) is 37.1 Å². The van der Waals surface area contributed by atoms with E-state index in [-0.39, 0.29) is 0 Å². The lowest BCUT2D eigenvalue weighted by molar-refractivity contribution is 0.0480. The van der Waals surface area contributed by atoms with E-state index in [4.69, 9.17) is 9.47 Å². The van der Waals surface area contributed by atoms with Crippen LogP contribution in [0.4, 0.5) is 5.13 Å². The molecule has 2 fully saturated rings. The lowest BCUT2D eigenvalue weighted by atomic mass is 10.0. The van der Waals surface area contributed by atoms with Crippen molar-refractivity contribution >= 4 is 16.5 Å². The second-order valence-corrected chi connectivity index (χ2v) is 10.1. The molecule has 0 bridgehead atoms. The van der Waals surface area contributed by atoms with Crippen molar-refractivity contribution in [2.45, 2.75) is 32.0 Å². The average molecular weight is 444 g/mol. The van der Waals surface area contributed by atoms with Crippen molar-refractivity contribution in [2.24, 2.45) is 0 Å². The van der Waals surface area contributed by atoms with Crippen LogP contribution in [0.25, 0.3) is 0 Å². The van der Waals surface area contributed by atoms with Crippen molar-refractivity contribution in [3.63, 3.8) is 0 Å². The normalized spacial score (nSPS) is 22.7. The number of fused-ring (bicyclic) bond motifs is 1. The first kappa shape index (κ1) is 21.0. The van der Waals surface area contributed by atoms with E-state index < -0.39 is 0 Å². The molecule has 7 nitrogen and oxygen atoms in total. The molecule has 0 spiro atoms. The van der Waals surface area contributed by atoms with E-state index in [1.165, 1.54) is 36.4 Å². The Morgan fingerprint density at radius 2 is 1.87 bits per heavy atom. The highest BCUT2D eigenvalue weighted by atomic mass is 32.1. The zero-order valence-corrected chi connectivity index (χ0v) is 19.4. The molecule has 0 N–H and O–H groups in total. The Labute approximate surface area is 189 Å². The number of thiazole rings is 1. The molecule has 0 amide bonds. The summed E-state index contributed by atoms with van der Waals surface area (Å²) in [6.07, 6.45) is 4.67. The molecule has 3 aliphatic rings. The first-order chi connectivity index (χ1) is 15.1. The largest absolute Gasteiger partial charge is 0.454 e. The number of likely N-dealkylation sites (tertiary alicyclic amines) is 1. The van der Waals surface area contributed by atoms with Gasteiger partial charge in [0.25, 0.3) is 0 Å². The fraction of sp³-hybridized carbons (Fsp3) is 0.609. The summed E-state index contributed by atoms with van der Waals surface area (Å²) in [5.74, 6) is 1.75. The molecule has 5 rings (SSSR count). The summed E-state index contributed by atoms with van der Waals surface area (Å²) in [4.78, 5) is 15.9. The van der Waals surface area contributed by atoms with Gasteiger partial charge in [0.05, 0.1) is 0 Å². The number of benzene rings is 1. The van der Waals surface area contributed by atoms with Gasteiger partial charge >= 0.3 is 0 Å². The van der Waals surface area contributed by atoms with Crippen LogP contribution in [0.5, 0.6) is 11.5 Å². The van der Waals surface area contributed by atoms with E-state index in [0.717, 1.165) is 55.9 Å². The molecule has 2 saturated heterocycles. The lowest BCUT2D eigenvalue weighted by Crippen LogP contribution is -2.54. The van der Waals surface area contributed by atoms with Gasteiger partial charge in [0, 0.05) is 77.0 Å². The van der Waals surface area contributed by atoms with Crippen molar-refractivity contribution in [2.75, 3.05) is 65.1 Å². The third kappa shape index (κ3) is 4.98. The quantitative estimate of drug-likeness (QED) is 0.680. The maximum atomic E-state index is 5.53. The zero-order valence-electron chi connectivity index (χ0n) is 18.6. The second kappa shape index (κ2) is 9.32. The van der Waals surface area contributed by atoms with Gasteiger partial charge in [-0.1, -0.05) is 6.07 Å². The fourth-order valence-corrected chi connectivity index (χ4v) is 5.73. The molecule has 31 heavy (non-hydrogen) atoms. The van der Waals surface area contributed by atoms with E-state index in [1.807, 2.05) is 17.4 Å².